The molecule has 0 atom stereocenters. The van der Waals surface area contributed by atoms with Gasteiger partial charge in [0.25, 0.3) is 0 Å². The van der Waals surface area contributed by atoms with Crippen LogP contribution in [0.3, 0.4) is 0 Å². The SMILES string of the molecule is CN(C)C(=O)CN=C(NCCc1ccccc1)N(C)CCc1cccs1. The van der Waals surface area contributed by atoms with E-state index in [1.165, 1.54) is 10.4 Å². The zero-order valence-electron chi connectivity index (χ0n) is 15.8. The minimum absolute atomic E-state index is 0.000911. The van der Waals surface area contributed by atoms with Gasteiger partial charge in [-0.3, -0.25) is 4.79 Å². The van der Waals surface area contributed by atoms with Crippen LogP contribution >= 0.6 is 11.3 Å². The molecule has 0 saturated carbocycles. The molecule has 0 aliphatic rings. The third kappa shape index (κ3) is 6.88. The molecule has 0 radical (unpaired) electrons. The van der Waals surface area contributed by atoms with Crippen molar-refractivity contribution in [3.63, 3.8) is 0 Å². The molecule has 140 valence electrons. The summed E-state index contributed by atoms with van der Waals surface area (Å²) in [5.41, 5.74) is 1.28. The smallest absolute Gasteiger partial charge is 0.243 e. The lowest BCUT2D eigenvalue weighted by Gasteiger charge is -2.22. The van der Waals surface area contributed by atoms with E-state index in [9.17, 15) is 4.79 Å². The highest BCUT2D eigenvalue weighted by atomic mass is 32.1. The van der Waals surface area contributed by atoms with Crippen molar-refractivity contribution in [2.45, 2.75) is 12.8 Å². The first-order valence-electron chi connectivity index (χ1n) is 8.82. The number of guanidine groups is 1. The van der Waals surface area contributed by atoms with Crippen LogP contribution < -0.4 is 5.32 Å². The number of nitrogens with zero attached hydrogens (tertiary/aromatic N) is 3. The maximum absolute atomic E-state index is 11.9. The van der Waals surface area contributed by atoms with Crippen molar-refractivity contribution in [2.24, 2.45) is 4.99 Å². The Hall–Kier alpha value is -2.34. The fourth-order valence-electron chi connectivity index (χ4n) is 2.40. The molecule has 0 bridgehead atoms. The predicted molar refractivity (Wildman–Crippen MR) is 110 cm³/mol. The number of hydrogen-bond donors (Lipinski definition) is 1. The Morgan fingerprint density at radius 2 is 1.85 bits per heavy atom. The molecule has 26 heavy (non-hydrogen) atoms. The van der Waals surface area contributed by atoms with Gasteiger partial charge in [-0.15, -0.1) is 11.3 Å². The monoisotopic (exact) mass is 372 g/mol. The number of likely N-dealkylation sites (N-methyl/N-ethyl adjacent to an activating group) is 2. The van der Waals surface area contributed by atoms with Crippen LogP contribution in [-0.2, 0) is 17.6 Å². The third-order valence-electron chi connectivity index (χ3n) is 4.04. The molecule has 1 amide bonds. The van der Waals surface area contributed by atoms with E-state index >= 15 is 0 Å². The highest BCUT2D eigenvalue weighted by Gasteiger charge is 2.09. The molecule has 0 fully saturated rings. The van der Waals surface area contributed by atoms with Gasteiger partial charge in [-0.1, -0.05) is 36.4 Å². The van der Waals surface area contributed by atoms with Gasteiger partial charge in [-0.25, -0.2) is 4.99 Å². The third-order valence-corrected chi connectivity index (χ3v) is 4.97. The van der Waals surface area contributed by atoms with Gasteiger partial charge in [0.2, 0.25) is 5.91 Å². The van der Waals surface area contributed by atoms with Gasteiger partial charge in [-0.05, 0) is 29.9 Å². The molecule has 1 N–H and O–H groups in total. The van der Waals surface area contributed by atoms with Crippen LogP contribution in [0.4, 0.5) is 0 Å². The van der Waals surface area contributed by atoms with E-state index < -0.39 is 0 Å². The summed E-state index contributed by atoms with van der Waals surface area (Å²) in [6, 6.07) is 14.6. The fourth-order valence-corrected chi connectivity index (χ4v) is 3.10. The number of nitrogens with one attached hydrogen (secondary N) is 1. The summed E-state index contributed by atoms with van der Waals surface area (Å²) < 4.78 is 0. The van der Waals surface area contributed by atoms with Gasteiger partial charge < -0.3 is 15.1 Å². The first-order valence-corrected chi connectivity index (χ1v) is 9.70. The van der Waals surface area contributed by atoms with Gasteiger partial charge >= 0.3 is 0 Å². The molecule has 0 unspecified atom stereocenters. The normalized spacial score (nSPS) is 11.3. The molecule has 1 heterocycles. The van der Waals surface area contributed by atoms with E-state index in [1.54, 1.807) is 30.3 Å². The highest BCUT2D eigenvalue weighted by molar-refractivity contribution is 7.09. The lowest BCUT2D eigenvalue weighted by atomic mass is 10.1. The Morgan fingerprint density at radius 1 is 1.08 bits per heavy atom. The van der Waals surface area contributed by atoms with Crippen LogP contribution in [0, 0.1) is 0 Å². The van der Waals surface area contributed by atoms with Crippen molar-refractivity contribution in [1.29, 1.82) is 0 Å². The minimum Gasteiger partial charge on any atom is -0.356 e. The van der Waals surface area contributed by atoms with E-state index in [-0.39, 0.29) is 12.5 Å². The van der Waals surface area contributed by atoms with Crippen LogP contribution in [0.1, 0.15) is 10.4 Å². The van der Waals surface area contributed by atoms with Crippen LogP contribution in [0.15, 0.2) is 52.8 Å². The second-order valence-electron chi connectivity index (χ2n) is 6.34. The predicted octanol–water partition coefficient (Wildman–Crippen LogP) is 2.50. The molecular weight excluding hydrogens is 344 g/mol. The van der Waals surface area contributed by atoms with Crippen molar-refractivity contribution < 1.29 is 4.79 Å². The summed E-state index contributed by atoms with van der Waals surface area (Å²) in [5.74, 6) is 0.770. The number of rotatable bonds is 8. The van der Waals surface area contributed by atoms with Crippen LogP contribution in [-0.4, -0.2) is 62.4 Å². The number of aliphatic imine (C=N–C) groups is 1. The zero-order chi connectivity index (χ0) is 18.8. The van der Waals surface area contributed by atoms with Gasteiger partial charge in [0.05, 0.1) is 0 Å². The van der Waals surface area contributed by atoms with Crippen LogP contribution in [0.2, 0.25) is 0 Å². The van der Waals surface area contributed by atoms with E-state index in [0.717, 1.165) is 31.9 Å². The Bertz CT molecular complexity index is 683. The molecule has 6 heteroatoms. The van der Waals surface area contributed by atoms with Gasteiger partial charge in [0.1, 0.15) is 6.54 Å². The summed E-state index contributed by atoms with van der Waals surface area (Å²) in [6.45, 7) is 1.79. The maximum atomic E-state index is 11.9. The fraction of sp³-hybridized carbons (Fsp3) is 0.400. The maximum Gasteiger partial charge on any atom is 0.243 e. The summed E-state index contributed by atoms with van der Waals surface area (Å²) >= 11 is 1.77. The molecule has 2 aromatic rings. The Balaban J connectivity index is 1.93. The molecule has 2 rings (SSSR count). The first-order chi connectivity index (χ1) is 12.6. The van der Waals surface area contributed by atoms with E-state index in [4.69, 9.17) is 0 Å². The number of carbonyl (C=O) groups excluding carboxylic acids is 1. The molecular formula is C20H28N4OS. The molecule has 0 saturated heterocycles. The van der Waals surface area contributed by atoms with Crippen molar-refractivity contribution in [3.05, 3.63) is 58.3 Å². The largest absolute Gasteiger partial charge is 0.356 e. The number of benzene rings is 1. The molecule has 0 spiro atoms. The minimum atomic E-state index is -0.000911. The average Bonchev–Trinajstić information content (AvgIpc) is 3.16. The first kappa shape index (κ1) is 20.0. The van der Waals surface area contributed by atoms with Crippen molar-refractivity contribution >= 4 is 23.2 Å². The summed E-state index contributed by atoms with van der Waals surface area (Å²) in [6.07, 6.45) is 1.88. The number of carbonyl (C=O) groups is 1. The quantitative estimate of drug-likeness (QED) is 0.572. The molecule has 5 nitrogen and oxygen atoms in total. The number of hydrogen-bond acceptors (Lipinski definition) is 3. The number of amides is 1. The average molecular weight is 373 g/mol. The lowest BCUT2D eigenvalue weighted by Crippen LogP contribution is -2.41. The molecule has 0 aliphatic carbocycles. The molecule has 1 aromatic carbocycles. The Kier molecular flexibility index (Phi) is 8.15. The molecule has 1 aromatic heterocycles. The van der Waals surface area contributed by atoms with Gasteiger partial charge in [0, 0.05) is 39.1 Å². The second kappa shape index (κ2) is 10.6. The van der Waals surface area contributed by atoms with Crippen molar-refractivity contribution in [3.8, 4) is 0 Å². The second-order valence-corrected chi connectivity index (χ2v) is 7.37. The van der Waals surface area contributed by atoms with Gasteiger partial charge in [-0.2, -0.15) is 0 Å². The van der Waals surface area contributed by atoms with Crippen LogP contribution in [0.5, 0.6) is 0 Å². The lowest BCUT2D eigenvalue weighted by molar-refractivity contribution is -0.127. The zero-order valence-corrected chi connectivity index (χ0v) is 16.6. The van der Waals surface area contributed by atoms with Crippen molar-refractivity contribution in [1.82, 2.24) is 15.1 Å². The standard InChI is InChI=1S/C20H28N4OS/c1-23(2)19(25)16-22-20(21-13-11-17-8-5-4-6-9-17)24(3)14-12-18-10-7-15-26-18/h4-10,15H,11-14,16H2,1-3H3,(H,21,22). The summed E-state index contributed by atoms with van der Waals surface area (Å²) in [5, 5.41) is 5.50. The van der Waals surface area contributed by atoms with E-state index in [2.05, 4.69) is 44.9 Å². The van der Waals surface area contributed by atoms with Crippen molar-refractivity contribution in [2.75, 3.05) is 40.8 Å². The number of thiophene rings is 1. The highest BCUT2D eigenvalue weighted by Crippen LogP contribution is 2.09. The van der Waals surface area contributed by atoms with E-state index in [1.807, 2.05) is 25.2 Å². The Labute approximate surface area is 160 Å². The Morgan fingerprint density at radius 3 is 2.50 bits per heavy atom. The topological polar surface area (TPSA) is 47.9 Å². The van der Waals surface area contributed by atoms with E-state index in [0.29, 0.717) is 0 Å². The summed E-state index contributed by atoms with van der Waals surface area (Å²) in [4.78, 5) is 21.4. The van der Waals surface area contributed by atoms with Gasteiger partial charge in [0.15, 0.2) is 5.96 Å². The van der Waals surface area contributed by atoms with Crippen LogP contribution in [0.25, 0.3) is 0 Å². The molecule has 0 aliphatic heterocycles. The summed E-state index contributed by atoms with van der Waals surface area (Å²) in [7, 11) is 5.52.